The van der Waals surface area contributed by atoms with Crippen LogP contribution in [0.1, 0.15) is 0 Å². The number of hydrogen-bond acceptors (Lipinski definition) is 3. The average Bonchev–Trinajstić information content (AvgIpc) is 3.27. The van der Waals surface area contributed by atoms with Crippen LogP contribution in [0, 0.1) is 0 Å². The van der Waals surface area contributed by atoms with E-state index >= 15 is 0 Å². The molecule has 10 aromatic carbocycles. The summed E-state index contributed by atoms with van der Waals surface area (Å²) in [5.74, 6) is 1.93. The van der Waals surface area contributed by atoms with E-state index in [1.54, 1.807) is 0 Å². The van der Waals surface area contributed by atoms with Gasteiger partial charge in [-0.3, -0.25) is 0 Å². The molecule has 3 nitrogen and oxygen atoms in total. The van der Waals surface area contributed by atoms with Crippen molar-refractivity contribution in [1.82, 2.24) is 15.0 Å². The average molecular weight is 712 g/mol. The Hall–Kier alpha value is -7.49. The van der Waals surface area contributed by atoms with Gasteiger partial charge in [-0.05, 0) is 106 Å². The summed E-state index contributed by atoms with van der Waals surface area (Å²) in [6.07, 6.45) is 0. The molecule has 11 rings (SSSR count). The third-order valence-corrected chi connectivity index (χ3v) is 11.1. The van der Waals surface area contributed by atoms with Crippen LogP contribution < -0.4 is 0 Å². The van der Waals surface area contributed by atoms with Crippen LogP contribution in [0.4, 0.5) is 0 Å². The number of rotatable bonds is 5. The van der Waals surface area contributed by atoms with E-state index in [0.717, 1.165) is 49.0 Å². The fourth-order valence-electron chi connectivity index (χ4n) is 8.29. The van der Waals surface area contributed by atoms with Gasteiger partial charge in [-0.25, -0.2) is 15.0 Å². The van der Waals surface area contributed by atoms with Crippen molar-refractivity contribution >= 4 is 53.9 Å². The molecule has 0 spiro atoms. The zero-order chi connectivity index (χ0) is 37.0. The molecule has 0 aliphatic heterocycles. The number of aromatic nitrogens is 3. The lowest BCUT2D eigenvalue weighted by Gasteiger charge is -2.15. The minimum Gasteiger partial charge on any atom is -0.208 e. The fraction of sp³-hybridized carbons (Fsp3) is 0. The molecule has 0 unspecified atom stereocenters. The van der Waals surface area contributed by atoms with Gasteiger partial charge < -0.3 is 0 Å². The second-order valence-corrected chi connectivity index (χ2v) is 14.4. The first-order chi connectivity index (χ1) is 27.7. The van der Waals surface area contributed by atoms with E-state index in [9.17, 15) is 0 Å². The van der Waals surface area contributed by atoms with Crippen LogP contribution in [0.15, 0.2) is 200 Å². The van der Waals surface area contributed by atoms with Gasteiger partial charge in [-0.2, -0.15) is 0 Å². The molecule has 0 saturated heterocycles. The zero-order valence-corrected chi connectivity index (χ0v) is 30.4. The summed E-state index contributed by atoms with van der Waals surface area (Å²) in [4.78, 5) is 16.0. The van der Waals surface area contributed by atoms with Crippen LogP contribution in [0.5, 0.6) is 0 Å². The molecule has 1 heterocycles. The monoisotopic (exact) mass is 711 g/mol. The second kappa shape index (κ2) is 13.1. The normalized spacial score (nSPS) is 11.6. The van der Waals surface area contributed by atoms with Crippen molar-refractivity contribution in [2.24, 2.45) is 0 Å². The molecule has 0 amide bonds. The molecule has 0 aliphatic carbocycles. The summed E-state index contributed by atoms with van der Waals surface area (Å²) < 4.78 is 0. The van der Waals surface area contributed by atoms with Crippen molar-refractivity contribution in [2.45, 2.75) is 0 Å². The van der Waals surface area contributed by atoms with Crippen LogP contribution in [0.25, 0.3) is 110 Å². The van der Waals surface area contributed by atoms with Gasteiger partial charge in [0.15, 0.2) is 17.5 Å². The van der Waals surface area contributed by atoms with Gasteiger partial charge in [0, 0.05) is 16.7 Å². The van der Waals surface area contributed by atoms with Crippen LogP contribution >= 0.6 is 0 Å². The molecule has 260 valence electrons. The van der Waals surface area contributed by atoms with Gasteiger partial charge in [0.2, 0.25) is 0 Å². The zero-order valence-electron chi connectivity index (χ0n) is 30.4. The number of fused-ring (bicyclic) bond motifs is 5. The first-order valence-corrected chi connectivity index (χ1v) is 19.0. The predicted octanol–water partition coefficient (Wildman–Crippen LogP) is 14.0. The van der Waals surface area contributed by atoms with E-state index in [4.69, 9.17) is 15.0 Å². The molecular formula is C53H33N3. The molecule has 0 radical (unpaired) electrons. The topological polar surface area (TPSA) is 38.7 Å². The molecule has 0 bridgehead atoms. The minimum absolute atomic E-state index is 0.641. The highest BCUT2D eigenvalue weighted by molar-refractivity contribution is 6.07. The van der Waals surface area contributed by atoms with Gasteiger partial charge in [0.05, 0.1) is 0 Å². The van der Waals surface area contributed by atoms with Gasteiger partial charge in [0.25, 0.3) is 0 Å². The lowest BCUT2D eigenvalue weighted by molar-refractivity contribution is 1.08. The van der Waals surface area contributed by atoms with Crippen molar-refractivity contribution in [3.05, 3.63) is 200 Å². The van der Waals surface area contributed by atoms with Gasteiger partial charge in [-0.15, -0.1) is 0 Å². The minimum atomic E-state index is 0.641. The molecule has 1 aromatic heterocycles. The maximum absolute atomic E-state index is 5.33. The van der Waals surface area contributed by atoms with Crippen LogP contribution in [0.2, 0.25) is 0 Å². The highest BCUT2D eigenvalue weighted by Gasteiger charge is 2.19. The lowest BCUT2D eigenvalue weighted by atomic mass is 9.93. The summed E-state index contributed by atoms with van der Waals surface area (Å²) in [5, 5.41) is 11.6. The SMILES string of the molecule is c1ccc(-c2ccc3c(-c4nc(-c5cccc6cc7ccccc7cc56)nc(-c5ccc(-c6ccc7ccccc7c6)c6ccccc56)n4)cccc3c2)cc1. The molecule has 0 atom stereocenters. The summed E-state index contributed by atoms with van der Waals surface area (Å²) in [6, 6.07) is 71.2. The third kappa shape index (κ3) is 5.49. The van der Waals surface area contributed by atoms with Crippen molar-refractivity contribution in [3.63, 3.8) is 0 Å². The maximum Gasteiger partial charge on any atom is 0.164 e. The number of hydrogen-bond donors (Lipinski definition) is 0. The third-order valence-electron chi connectivity index (χ3n) is 11.1. The number of nitrogens with zero attached hydrogens (tertiary/aromatic N) is 3. The maximum atomic E-state index is 5.33. The first-order valence-electron chi connectivity index (χ1n) is 19.0. The Morgan fingerprint density at radius 1 is 0.214 bits per heavy atom. The molecule has 0 N–H and O–H groups in total. The first kappa shape index (κ1) is 32.0. The van der Waals surface area contributed by atoms with Crippen molar-refractivity contribution in [3.8, 4) is 56.4 Å². The summed E-state index contributed by atoms with van der Waals surface area (Å²) >= 11 is 0. The summed E-state index contributed by atoms with van der Waals surface area (Å²) in [7, 11) is 0. The Morgan fingerprint density at radius 3 is 1.41 bits per heavy atom. The Morgan fingerprint density at radius 2 is 0.696 bits per heavy atom. The van der Waals surface area contributed by atoms with Crippen LogP contribution in [-0.2, 0) is 0 Å². The van der Waals surface area contributed by atoms with E-state index in [2.05, 4.69) is 200 Å². The molecule has 0 saturated carbocycles. The van der Waals surface area contributed by atoms with Gasteiger partial charge in [0.1, 0.15) is 0 Å². The molecule has 0 aliphatic rings. The quantitative estimate of drug-likeness (QED) is 0.167. The Bertz CT molecular complexity index is 3310. The smallest absolute Gasteiger partial charge is 0.164 e. The lowest BCUT2D eigenvalue weighted by Crippen LogP contribution is -2.01. The second-order valence-electron chi connectivity index (χ2n) is 14.4. The molecule has 56 heavy (non-hydrogen) atoms. The molecular weight excluding hydrogens is 679 g/mol. The van der Waals surface area contributed by atoms with Crippen molar-refractivity contribution < 1.29 is 0 Å². The Kier molecular flexibility index (Phi) is 7.49. The number of benzene rings is 10. The van der Waals surface area contributed by atoms with E-state index in [1.807, 2.05) is 0 Å². The molecule has 0 fully saturated rings. The van der Waals surface area contributed by atoms with Crippen molar-refractivity contribution in [1.29, 1.82) is 0 Å². The van der Waals surface area contributed by atoms with E-state index < -0.39 is 0 Å². The molecule has 3 heteroatoms. The largest absolute Gasteiger partial charge is 0.208 e. The standard InChI is InChI=1S/C53H33N3/c1-2-12-34(13-3-1)39-26-27-44-40(32-39)18-10-22-47(44)51-54-52(48-23-11-19-41-31-37-16-6-7-17-38(37)33-50(41)48)56-53(55-51)49-29-28-43(45-20-8-9-21-46(45)49)42-25-24-35-14-4-5-15-36(35)30-42/h1-33H. The van der Waals surface area contributed by atoms with Gasteiger partial charge >= 0.3 is 0 Å². The highest BCUT2D eigenvalue weighted by atomic mass is 15.0. The van der Waals surface area contributed by atoms with Crippen LogP contribution in [0.3, 0.4) is 0 Å². The van der Waals surface area contributed by atoms with E-state index in [-0.39, 0.29) is 0 Å². The van der Waals surface area contributed by atoms with Crippen LogP contribution in [-0.4, -0.2) is 15.0 Å². The highest BCUT2D eigenvalue weighted by Crippen LogP contribution is 2.39. The Labute approximate surface area is 324 Å². The Balaban J connectivity index is 1.14. The van der Waals surface area contributed by atoms with E-state index in [0.29, 0.717) is 17.5 Å². The summed E-state index contributed by atoms with van der Waals surface area (Å²) in [5.41, 5.74) is 7.62. The van der Waals surface area contributed by atoms with Crippen molar-refractivity contribution in [2.75, 3.05) is 0 Å². The molecule has 11 aromatic rings. The van der Waals surface area contributed by atoms with E-state index in [1.165, 1.54) is 43.8 Å². The predicted molar refractivity (Wildman–Crippen MR) is 235 cm³/mol. The van der Waals surface area contributed by atoms with Gasteiger partial charge in [-0.1, -0.05) is 170 Å². The fourth-order valence-corrected chi connectivity index (χ4v) is 8.29. The summed E-state index contributed by atoms with van der Waals surface area (Å²) in [6.45, 7) is 0.